The molecule has 29 heavy (non-hydrogen) atoms. The normalized spacial score (nSPS) is 17.0. The molecule has 2 heterocycles. The van der Waals surface area contributed by atoms with Gasteiger partial charge in [-0.2, -0.15) is 0 Å². The number of anilines is 1. The Morgan fingerprint density at radius 3 is 2.62 bits per heavy atom. The van der Waals surface area contributed by atoms with Crippen LogP contribution in [0.5, 0.6) is 0 Å². The van der Waals surface area contributed by atoms with Crippen LogP contribution in [0, 0.1) is 13.8 Å². The smallest absolute Gasteiger partial charge is 0.254 e. The molecule has 1 atom stereocenters. The maximum Gasteiger partial charge on any atom is 0.254 e. The molecule has 2 aromatic rings. The predicted molar refractivity (Wildman–Crippen MR) is 112 cm³/mol. The van der Waals surface area contributed by atoms with Crippen molar-refractivity contribution in [1.82, 2.24) is 14.2 Å². The van der Waals surface area contributed by atoms with E-state index in [4.69, 9.17) is 0 Å². The van der Waals surface area contributed by atoms with Crippen molar-refractivity contribution in [2.45, 2.75) is 37.6 Å². The van der Waals surface area contributed by atoms with Gasteiger partial charge in [-0.1, -0.05) is 0 Å². The van der Waals surface area contributed by atoms with Gasteiger partial charge in [0.15, 0.2) is 5.13 Å². The van der Waals surface area contributed by atoms with E-state index in [1.165, 1.54) is 36.4 Å². The van der Waals surface area contributed by atoms with E-state index in [9.17, 15) is 18.0 Å². The van der Waals surface area contributed by atoms with Crippen molar-refractivity contribution in [3.8, 4) is 0 Å². The molecule has 3 rings (SSSR count). The number of hydrogen-bond acceptors (Lipinski definition) is 6. The molecule has 0 saturated carbocycles. The largest absolute Gasteiger partial charge is 0.327 e. The number of carbonyl (C=O) groups is 2. The fourth-order valence-corrected chi connectivity index (χ4v) is 5.09. The first-order valence-corrected chi connectivity index (χ1v) is 11.5. The molecule has 0 aliphatic carbocycles. The van der Waals surface area contributed by atoms with Gasteiger partial charge in [-0.3, -0.25) is 9.59 Å². The second kappa shape index (κ2) is 8.21. The van der Waals surface area contributed by atoms with Crippen molar-refractivity contribution in [2.75, 3.05) is 26.0 Å². The van der Waals surface area contributed by atoms with Crippen LogP contribution in [-0.2, 0) is 14.8 Å². The summed E-state index contributed by atoms with van der Waals surface area (Å²) in [6.45, 7) is 3.94. The summed E-state index contributed by atoms with van der Waals surface area (Å²) in [6, 6.07) is 2.48. The lowest BCUT2D eigenvalue weighted by atomic mass is 10.0. The quantitative estimate of drug-likeness (QED) is 0.775. The van der Waals surface area contributed by atoms with E-state index in [0.29, 0.717) is 35.6 Å². The number of sulfonamides is 1. The second-order valence-electron chi connectivity index (χ2n) is 7.19. The molecule has 8 nitrogen and oxygen atoms in total. The Bertz CT molecular complexity index is 1030. The van der Waals surface area contributed by atoms with Gasteiger partial charge in [0.2, 0.25) is 15.9 Å². The average molecular weight is 437 g/mol. The molecule has 0 radical (unpaired) electrons. The van der Waals surface area contributed by atoms with E-state index >= 15 is 0 Å². The zero-order valence-electron chi connectivity index (χ0n) is 16.8. The van der Waals surface area contributed by atoms with Crippen LogP contribution >= 0.6 is 11.3 Å². The molecule has 1 fully saturated rings. The number of hydrogen-bond donors (Lipinski definition) is 1. The molecule has 1 unspecified atom stereocenters. The van der Waals surface area contributed by atoms with Gasteiger partial charge in [0.1, 0.15) is 6.04 Å². The van der Waals surface area contributed by atoms with Gasteiger partial charge in [-0.15, -0.1) is 11.3 Å². The Hall–Kier alpha value is -2.30. The number of nitrogens with zero attached hydrogens (tertiary/aromatic N) is 3. The summed E-state index contributed by atoms with van der Waals surface area (Å²) in [5.74, 6) is -0.629. The van der Waals surface area contributed by atoms with Gasteiger partial charge in [-0.05, 0) is 49.9 Å². The number of carbonyl (C=O) groups excluding carboxylic acids is 2. The lowest BCUT2D eigenvalue weighted by molar-refractivity contribution is -0.119. The van der Waals surface area contributed by atoms with Crippen LogP contribution in [0.4, 0.5) is 5.13 Å². The van der Waals surface area contributed by atoms with Crippen LogP contribution in [-0.4, -0.2) is 61.1 Å². The average Bonchev–Trinajstić information content (AvgIpc) is 3.34. The number of aromatic nitrogens is 1. The fraction of sp³-hybridized carbons (Fsp3) is 0.421. The van der Waals surface area contributed by atoms with Crippen LogP contribution in [0.2, 0.25) is 0 Å². The summed E-state index contributed by atoms with van der Waals surface area (Å²) >= 11 is 1.31. The molecule has 1 aromatic carbocycles. The van der Waals surface area contributed by atoms with Crippen molar-refractivity contribution in [1.29, 1.82) is 0 Å². The highest BCUT2D eigenvalue weighted by molar-refractivity contribution is 7.89. The summed E-state index contributed by atoms with van der Waals surface area (Å²) in [7, 11) is -0.785. The SMILES string of the molecule is Cc1cc(C(=O)N2CCCC2C(=O)Nc2nccs2)cc(S(=O)(=O)N(C)C)c1C. The third kappa shape index (κ3) is 4.19. The molecule has 1 aliphatic heterocycles. The van der Waals surface area contributed by atoms with Crippen molar-refractivity contribution in [3.63, 3.8) is 0 Å². The number of benzene rings is 1. The van der Waals surface area contributed by atoms with Crippen LogP contribution in [0.3, 0.4) is 0 Å². The van der Waals surface area contributed by atoms with Gasteiger partial charge in [0, 0.05) is 37.8 Å². The van der Waals surface area contributed by atoms with Crippen LogP contribution in [0.1, 0.15) is 34.3 Å². The second-order valence-corrected chi connectivity index (χ2v) is 10.2. The minimum atomic E-state index is -3.70. The number of nitrogens with one attached hydrogen (secondary N) is 1. The van der Waals surface area contributed by atoms with Crippen molar-refractivity contribution < 1.29 is 18.0 Å². The Balaban J connectivity index is 1.91. The van der Waals surface area contributed by atoms with E-state index in [2.05, 4.69) is 10.3 Å². The minimum absolute atomic E-state index is 0.105. The summed E-state index contributed by atoms with van der Waals surface area (Å²) in [5, 5.41) is 4.99. The molecular weight excluding hydrogens is 412 g/mol. The van der Waals surface area contributed by atoms with Crippen LogP contribution in [0.25, 0.3) is 0 Å². The maximum absolute atomic E-state index is 13.2. The lowest BCUT2D eigenvalue weighted by Gasteiger charge is -2.24. The van der Waals surface area contributed by atoms with E-state index in [0.717, 1.165) is 4.31 Å². The van der Waals surface area contributed by atoms with Crippen LogP contribution in [0.15, 0.2) is 28.6 Å². The summed E-state index contributed by atoms with van der Waals surface area (Å²) in [5.41, 5.74) is 1.58. The number of rotatable bonds is 5. The van der Waals surface area contributed by atoms with E-state index in [1.807, 2.05) is 0 Å². The van der Waals surface area contributed by atoms with E-state index in [-0.39, 0.29) is 22.3 Å². The molecule has 2 amide bonds. The topological polar surface area (TPSA) is 99.7 Å². The molecule has 1 aromatic heterocycles. The Kier molecular flexibility index (Phi) is 6.06. The first kappa shape index (κ1) is 21.4. The third-order valence-electron chi connectivity index (χ3n) is 5.10. The summed E-state index contributed by atoms with van der Waals surface area (Å²) < 4.78 is 26.5. The minimum Gasteiger partial charge on any atom is -0.327 e. The molecule has 1 saturated heterocycles. The van der Waals surface area contributed by atoms with E-state index < -0.39 is 16.1 Å². The van der Waals surface area contributed by atoms with Gasteiger partial charge in [-0.25, -0.2) is 17.7 Å². The van der Waals surface area contributed by atoms with Gasteiger partial charge < -0.3 is 10.2 Å². The van der Waals surface area contributed by atoms with Gasteiger partial charge in [0.25, 0.3) is 5.91 Å². The Morgan fingerprint density at radius 1 is 1.28 bits per heavy atom. The maximum atomic E-state index is 13.2. The lowest BCUT2D eigenvalue weighted by Crippen LogP contribution is -2.43. The first-order chi connectivity index (χ1) is 13.6. The molecule has 1 N–H and O–H groups in total. The number of likely N-dealkylation sites (tertiary alicyclic amines) is 1. The monoisotopic (exact) mass is 436 g/mol. The van der Waals surface area contributed by atoms with Crippen molar-refractivity contribution in [2.24, 2.45) is 0 Å². The van der Waals surface area contributed by atoms with E-state index in [1.54, 1.807) is 31.5 Å². The van der Waals surface area contributed by atoms with Crippen molar-refractivity contribution in [3.05, 3.63) is 40.4 Å². The zero-order chi connectivity index (χ0) is 21.3. The fourth-order valence-electron chi connectivity index (χ4n) is 3.34. The zero-order valence-corrected chi connectivity index (χ0v) is 18.4. The molecule has 1 aliphatic rings. The number of thiazole rings is 1. The van der Waals surface area contributed by atoms with Crippen molar-refractivity contribution >= 4 is 38.3 Å². The molecular formula is C19H24N4O4S2. The third-order valence-corrected chi connectivity index (χ3v) is 7.73. The summed E-state index contributed by atoms with van der Waals surface area (Å²) in [4.78, 5) is 31.5. The van der Waals surface area contributed by atoms with Gasteiger partial charge >= 0.3 is 0 Å². The highest BCUT2D eigenvalue weighted by atomic mass is 32.2. The Labute approximate surface area is 174 Å². The van der Waals surface area contributed by atoms with Crippen LogP contribution < -0.4 is 5.32 Å². The Morgan fingerprint density at radius 2 is 2.00 bits per heavy atom. The molecule has 0 bridgehead atoms. The molecule has 156 valence electrons. The number of aryl methyl sites for hydroxylation is 1. The highest BCUT2D eigenvalue weighted by Crippen LogP contribution is 2.27. The number of amides is 2. The predicted octanol–water partition coefficient (Wildman–Crippen LogP) is 2.25. The standard InChI is InChI=1S/C19H24N4O4S2/c1-12-10-14(11-16(13(12)2)29(26,27)22(3)4)18(25)23-8-5-6-15(23)17(24)21-19-20-7-9-28-19/h7,9-11,15H,5-6,8H2,1-4H3,(H,20,21,24). The first-order valence-electron chi connectivity index (χ1n) is 9.18. The summed E-state index contributed by atoms with van der Waals surface area (Å²) in [6.07, 6.45) is 2.85. The highest BCUT2D eigenvalue weighted by Gasteiger charge is 2.35. The molecule has 10 heteroatoms. The van der Waals surface area contributed by atoms with Gasteiger partial charge in [0.05, 0.1) is 4.90 Å². The molecule has 0 spiro atoms.